The molecule has 0 saturated heterocycles. The van der Waals surface area contributed by atoms with E-state index in [1.807, 2.05) is 13.2 Å². The third kappa shape index (κ3) is 1.80. The molecule has 1 aliphatic heterocycles. The Morgan fingerprint density at radius 3 is 3.00 bits per heavy atom. The van der Waals surface area contributed by atoms with Crippen molar-refractivity contribution in [3.8, 4) is 0 Å². The zero-order valence-electron chi connectivity index (χ0n) is 6.06. The van der Waals surface area contributed by atoms with Crippen LogP contribution >= 0.6 is 23.4 Å². The van der Waals surface area contributed by atoms with Gasteiger partial charge >= 0.3 is 0 Å². The van der Waals surface area contributed by atoms with Crippen LogP contribution in [0.1, 0.15) is 13.3 Å². The van der Waals surface area contributed by atoms with Crippen LogP contribution in [0.15, 0.2) is 5.16 Å². The van der Waals surface area contributed by atoms with Crippen LogP contribution in [0.2, 0.25) is 0 Å². The van der Waals surface area contributed by atoms with Gasteiger partial charge < -0.3 is 4.84 Å². The minimum absolute atomic E-state index is 0.156. The zero-order chi connectivity index (χ0) is 7.61. The molecule has 2 nitrogen and oxygen atoms in total. The third-order valence-electron chi connectivity index (χ3n) is 1.33. The molecule has 0 spiro atoms. The average Bonchev–Trinajstić information content (AvgIpc) is 2.12. The Kier molecular flexibility index (Phi) is 2.47. The van der Waals surface area contributed by atoms with Gasteiger partial charge in [0.2, 0.25) is 0 Å². The number of hydrogen-bond donors (Lipinski definition) is 0. The zero-order valence-corrected chi connectivity index (χ0v) is 7.63. The average molecular weight is 180 g/mol. The van der Waals surface area contributed by atoms with Crippen LogP contribution in [0.3, 0.4) is 0 Å². The fourth-order valence-corrected chi connectivity index (χ4v) is 2.00. The van der Waals surface area contributed by atoms with Gasteiger partial charge in [-0.25, -0.2) is 0 Å². The number of nitrogens with zero attached hydrogens (tertiary/aromatic N) is 1. The molecule has 1 aliphatic rings. The minimum atomic E-state index is -0.156. The van der Waals surface area contributed by atoms with Crippen molar-refractivity contribution in [3.05, 3.63) is 0 Å². The number of hydrogen-bond acceptors (Lipinski definition) is 3. The Morgan fingerprint density at radius 1 is 1.90 bits per heavy atom. The van der Waals surface area contributed by atoms with E-state index in [1.165, 1.54) is 0 Å². The molecular formula is C6H10ClNOS. The molecule has 0 aliphatic carbocycles. The summed E-state index contributed by atoms with van der Waals surface area (Å²) in [5.41, 5.74) is -0.156. The van der Waals surface area contributed by atoms with E-state index < -0.39 is 0 Å². The molecule has 0 N–H and O–H groups in total. The molecule has 1 heterocycles. The first-order chi connectivity index (χ1) is 4.66. The van der Waals surface area contributed by atoms with E-state index in [1.54, 1.807) is 11.8 Å². The predicted molar refractivity (Wildman–Crippen MR) is 45.8 cm³/mol. The van der Waals surface area contributed by atoms with E-state index in [-0.39, 0.29) is 5.60 Å². The van der Waals surface area contributed by atoms with Gasteiger partial charge in [-0.2, -0.15) is 11.8 Å². The number of oxime groups is 1. The van der Waals surface area contributed by atoms with Crippen LogP contribution in [0, 0.1) is 0 Å². The molecular weight excluding hydrogens is 170 g/mol. The van der Waals surface area contributed by atoms with Crippen LogP contribution in [-0.4, -0.2) is 22.8 Å². The quantitative estimate of drug-likeness (QED) is 0.648. The summed E-state index contributed by atoms with van der Waals surface area (Å²) in [6, 6.07) is 0. The Bertz CT molecular complexity index is 162. The topological polar surface area (TPSA) is 21.6 Å². The molecule has 10 heavy (non-hydrogen) atoms. The van der Waals surface area contributed by atoms with Gasteiger partial charge in [0.05, 0.1) is 0 Å². The maximum absolute atomic E-state index is 5.65. The summed E-state index contributed by atoms with van der Waals surface area (Å²) in [7, 11) is 0. The van der Waals surface area contributed by atoms with Crippen molar-refractivity contribution in [3.63, 3.8) is 0 Å². The lowest BCUT2D eigenvalue weighted by atomic mass is 10.1. The van der Waals surface area contributed by atoms with Gasteiger partial charge in [-0.3, -0.25) is 0 Å². The monoisotopic (exact) mass is 179 g/mol. The van der Waals surface area contributed by atoms with E-state index in [0.29, 0.717) is 5.17 Å². The molecule has 1 atom stereocenters. The summed E-state index contributed by atoms with van der Waals surface area (Å²) < 4.78 is 0. The lowest BCUT2D eigenvalue weighted by molar-refractivity contribution is 0.0164. The highest BCUT2D eigenvalue weighted by molar-refractivity contribution is 7.98. The van der Waals surface area contributed by atoms with Crippen LogP contribution in [0.5, 0.6) is 0 Å². The number of halogens is 1. The standard InChI is InChI=1S/C6H10ClNOS/c1-6(4-10-2)3-5(7)8-9-6/h3-4H2,1-2H3/t6-/m1/s1. The van der Waals surface area contributed by atoms with Crippen LogP contribution in [-0.2, 0) is 4.84 Å². The first-order valence-corrected chi connectivity index (χ1v) is 4.83. The molecule has 0 aromatic rings. The molecule has 0 amide bonds. The highest BCUT2D eigenvalue weighted by atomic mass is 35.5. The summed E-state index contributed by atoms with van der Waals surface area (Å²) in [5, 5.41) is 4.26. The van der Waals surface area contributed by atoms with E-state index >= 15 is 0 Å². The van der Waals surface area contributed by atoms with E-state index in [9.17, 15) is 0 Å². The van der Waals surface area contributed by atoms with Crippen LogP contribution in [0.25, 0.3) is 0 Å². The highest BCUT2D eigenvalue weighted by Crippen LogP contribution is 2.27. The molecule has 0 aromatic carbocycles. The van der Waals surface area contributed by atoms with Crippen molar-refractivity contribution in [2.45, 2.75) is 18.9 Å². The molecule has 0 aromatic heterocycles. The molecule has 0 radical (unpaired) electrons. The van der Waals surface area contributed by atoms with E-state index in [4.69, 9.17) is 16.4 Å². The van der Waals surface area contributed by atoms with Gasteiger partial charge in [0, 0.05) is 12.2 Å². The normalized spacial score (nSPS) is 31.7. The summed E-state index contributed by atoms with van der Waals surface area (Å²) in [4.78, 5) is 5.13. The maximum atomic E-state index is 5.65. The summed E-state index contributed by atoms with van der Waals surface area (Å²) >= 11 is 7.39. The van der Waals surface area contributed by atoms with Gasteiger partial charge in [-0.05, 0) is 13.2 Å². The Hall–Kier alpha value is 0.110. The second kappa shape index (κ2) is 3.01. The fourth-order valence-electron chi connectivity index (χ4n) is 0.916. The summed E-state index contributed by atoms with van der Waals surface area (Å²) in [6.07, 6.45) is 2.79. The lowest BCUT2D eigenvalue weighted by Crippen LogP contribution is -2.26. The second-order valence-electron chi connectivity index (χ2n) is 2.62. The molecule has 4 heteroatoms. The molecule has 0 unspecified atom stereocenters. The molecule has 0 saturated carbocycles. The van der Waals surface area contributed by atoms with Crippen molar-refractivity contribution in [2.75, 3.05) is 12.0 Å². The van der Waals surface area contributed by atoms with Crippen molar-refractivity contribution >= 4 is 28.5 Å². The fraction of sp³-hybridized carbons (Fsp3) is 0.833. The van der Waals surface area contributed by atoms with Gasteiger partial charge in [0.1, 0.15) is 5.17 Å². The SMILES string of the molecule is CSC[C@@]1(C)CC(Cl)=NO1. The summed E-state index contributed by atoms with van der Waals surface area (Å²) in [6.45, 7) is 2.02. The van der Waals surface area contributed by atoms with E-state index in [2.05, 4.69) is 5.16 Å². The molecule has 0 fully saturated rings. The first kappa shape index (κ1) is 8.21. The van der Waals surface area contributed by atoms with Crippen molar-refractivity contribution in [1.82, 2.24) is 0 Å². The first-order valence-electron chi connectivity index (χ1n) is 3.06. The van der Waals surface area contributed by atoms with Gasteiger partial charge in [-0.1, -0.05) is 16.8 Å². The van der Waals surface area contributed by atoms with Crippen LogP contribution < -0.4 is 0 Å². The van der Waals surface area contributed by atoms with E-state index in [0.717, 1.165) is 12.2 Å². The second-order valence-corrected chi connectivity index (χ2v) is 3.92. The Morgan fingerprint density at radius 2 is 2.60 bits per heavy atom. The predicted octanol–water partition coefficient (Wildman–Crippen LogP) is 2.08. The van der Waals surface area contributed by atoms with Gasteiger partial charge in [-0.15, -0.1) is 0 Å². The molecule has 58 valence electrons. The van der Waals surface area contributed by atoms with Crippen molar-refractivity contribution in [2.24, 2.45) is 5.16 Å². The van der Waals surface area contributed by atoms with Crippen molar-refractivity contribution < 1.29 is 4.84 Å². The number of rotatable bonds is 2. The third-order valence-corrected chi connectivity index (χ3v) is 2.44. The largest absolute Gasteiger partial charge is 0.387 e. The summed E-state index contributed by atoms with van der Waals surface area (Å²) in [5.74, 6) is 0.937. The Balaban J connectivity index is 2.44. The number of thioether (sulfide) groups is 1. The highest BCUT2D eigenvalue weighted by Gasteiger charge is 2.32. The van der Waals surface area contributed by atoms with Gasteiger partial charge in [0.25, 0.3) is 0 Å². The maximum Gasteiger partial charge on any atom is 0.150 e. The van der Waals surface area contributed by atoms with Crippen molar-refractivity contribution in [1.29, 1.82) is 0 Å². The Labute approximate surface area is 69.9 Å². The smallest absolute Gasteiger partial charge is 0.150 e. The lowest BCUT2D eigenvalue weighted by Gasteiger charge is -2.18. The van der Waals surface area contributed by atoms with Crippen LogP contribution in [0.4, 0.5) is 0 Å². The molecule has 0 bridgehead atoms. The molecule has 1 rings (SSSR count). The van der Waals surface area contributed by atoms with Gasteiger partial charge in [0.15, 0.2) is 5.60 Å². The minimum Gasteiger partial charge on any atom is -0.387 e.